The normalized spacial score (nSPS) is 10.7. The van der Waals surface area contributed by atoms with Crippen molar-refractivity contribution in [2.75, 3.05) is 6.54 Å². The monoisotopic (exact) mass is 275 g/mol. The van der Waals surface area contributed by atoms with Gasteiger partial charge in [0.25, 0.3) is 5.91 Å². The van der Waals surface area contributed by atoms with Crippen LogP contribution in [0.15, 0.2) is 33.5 Å². The van der Waals surface area contributed by atoms with Gasteiger partial charge >= 0.3 is 5.63 Å². The minimum absolute atomic E-state index is 0.262. The average Bonchev–Trinajstić information content (AvgIpc) is 2.43. The van der Waals surface area contributed by atoms with Gasteiger partial charge in [0, 0.05) is 6.54 Å². The van der Waals surface area contributed by atoms with Crippen LogP contribution in [0, 0.1) is 0 Å². The van der Waals surface area contributed by atoms with E-state index in [1.54, 1.807) is 24.3 Å². The summed E-state index contributed by atoms with van der Waals surface area (Å²) in [6.07, 6.45) is 2.87. The maximum atomic E-state index is 12.0. The van der Waals surface area contributed by atoms with Crippen LogP contribution in [-0.4, -0.2) is 17.6 Å². The van der Waals surface area contributed by atoms with Crippen LogP contribution in [0.1, 0.15) is 36.5 Å². The van der Waals surface area contributed by atoms with Crippen LogP contribution in [0.2, 0.25) is 0 Å². The van der Waals surface area contributed by atoms with Crippen molar-refractivity contribution in [3.8, 4) is 5.75 Å². The lowest BCUT2D eigenvalue weighted by atomic mass is 10.1. The Morgan fingerprint density at radius 2 is 2.05 bits per heavy atom. The molecule has 5 nitrogen and oxygen atoms in total. The molecule has 1 aromatic heterocycles. The molecule has 0 saturated carbocycles. The maximum absolute atomic E-state index is 12.0. The van der Waals surface area contributed by atoms with Gasteiger partial charge in [0.1, 0.15) is 11.3 Å². The number of carbonyl (C=O) groups excluding carboxylic acids is 1. The predicted octanol–water partition coefficient (Wildman–Crippen LogP) is 2.42. The quantitative estimate of drug-likeness (QED) is 0.648. The molecular formula is C15H17NO4. The van der Waals surface area contributed by atoms with E-state index >= 15 is 0 Å². The second-order valence-electron chi connectivity index (χ2n) is 4.57. The van der Waals surface area contributed by atoms with Gasteiger partial charge in [-0.15, -0.1) is 0 Å². The Labute approximate surface area is 116 Å². The second kappa shape index (κ2) is 6.23. The van der Waals surface area contributed by atoms with Gasteiger partial charge in [-0.2, -0.15) is 0 Å². The summed E-state index contributed by atoms with van der Waals surface area (Å²) < 4.78 is 5.05. The van der Waals surface area contributed by atoms with E-state index < -0.39 is 11.5 Å². The fourth-order valence-corrected chi connectivity index (χ4v) is 2.00. The molecule has 1 aromatic carbocycles. The largest absolute Gasteiger partial charge is 0.506 e. The fraction of sp³-hybridized carbons (Fsp3) is 0.333. The number of rotatable bonds is 5. The molecule has 20 heavy (non-hydrogen) atoms. The molecule has 2 rings (SSSR count). The van der Waals surface area contributed by atoms with Gasteiger partial charge in [-0.05, 0) is 18.6 Å². The lowest BCUT2D eigenvalue weighted by Gasteiger charge is -2.07. The number of nitrogens with one attached hydrogen (secondary N) is 1. The van der Waals surface area contributed by atoms with Crippen LogP contribution in [0.3, 0.4) is 0 Å². The number of fused-ring (bicyclic) bond motifs is 1. The summed E-state index contributed by atoms with van der Waals surface area (Å²) in [6.45, 7) is 2.53. The van der Waals surface area contributed by atoms with E-state index in [2.05, 4.69) is 12.2 Å². The van der Waals surface area contributed by atoms with Gasteiger partial charge < -0.3 is 14.8 Å². The van der Waals surface area contributed by atoms with E-state index in [-0.39, 0.29) is 16.9 Å². The van der Waals surface area contributed by atoms with Gasteiger partial charge in [-0.25, -0.2) is 4.79 Å². The molecular weight excluding hydrogens is 258 g/mol. The van der Waals surface area contributed by atoms with Gasteiger partial charge in [0.15, 0.2) is 5.56 Å². The highest BCUT2D eigenvalue weighted by molar-refractivity contribution is 6.01. The average molecular weight is 275 g/mol. The summed E-state index contributed by atoms with van der Waals surface area (Å²) in [5.41, 5.74) is -0.896. The van der Waals surface area contributed by atoms with Gasteiger partial charge in [0.05, 0.1) is 5.39 Å². The Hall–Kier alpha value is -2.30. The summed E-state index contributed by atoms with van der Waals surface area (Å²) in [5.74, 6) is -0.928. The van der Waals surface area contributed by atoms with Crippen LogP contribution in [-0.2, 0) is 0 Å². The first-order valence-corrected chi connectivity index (χ1v) is 6.68. The van der Waals surface area contributed by atoms with Crippen molar-refractivity contribution < 1.29 is 14.3 Å². The van der Waals surface area contributed by atoms with Crippen LogP contribution in [0.4, 0.5) is 0 Å². The van der Waals surface area contributed by atoms with Crippen molar-refractivity contribution in [1.29, 1.82) is 0 Å². The lowest BCUT2D eigenvalue weighted by molar-refractivity contribution is 0.0946. The van der Waals surface area contributed by atoms with Crippen molar-refractivity contribution in [2.45, 2.75) is 26.2 Å². The first-order chi connectivity index (χ1) is 9.65. The van der Waals surface area contributed by atoms with Crippen molar-refractivity contribution in [3.05, 3.63) is 40.2 Å². The maximum Gasteiger partial charge on any atom is 0.353 e. The Morgan fingerprint density at radius 1 is 1.30 bits per heavy atom. The molecule has 0 fully saturated rings. The van der Waals surface area contributed by atoms with Crippen molar-refractivity contribution >= 4 is 16.9 Å². The lowest BCUT2D eigenvalue weighted by Crippen LogP contribution is -2.29. The van der Waals surface area contributed by atoms with Crippen LogP contribution >= 0.6 is 0 Å². The zero-order valence-electron chi connectivity index (χ0n) is 11.3. The van der Waals surface area contributed by atoms with E-state index in [0.29, 0.717) is 11.9 Å². The number of benzene rings is 1. The first-order valence-electron chi connectivity index (χ1n) is 6.68. The molecule has 106 valence electrons. The SMILES string of the molecule is CCCCCNC(=O)c1c(O)c2ccccc2oc1=O. The Kier molecular flexibility index (Phi) is 4.40. The molecule has 0 spiro atoms. The minimum atomic E-state index is -0.825. The first kappa shape index (κ1) is 14.1. The van der Waals surface area contributed by atoms with E-state index in [1.807, 2.05) is 0 Å². The molecule has 0 atom stereocenters. The zero-order chi connectivity index (χ0) is 14.5. The number of carbonyl (C=O) groups is 1. The van der Waals surface area contributed by atoms with E-state index in [9.17, 15) is 14.7 Å². The smallest absolute Gasteiger partial charge is 0.353 e. The summed E-state index contributed by atoms with van der Waals surface area (Å²) in [4.78, 5) is 23.8. The summed E-state index contributed by atoms with van der Waals surface area (Å²) in [7, 11) is 0. The van der Waals surface area contributed by atoms with Crippen LogP contribution in [0.5, 0.6) is 5.75 Å². The highest BCUT2D eigenvalue weighted by atomic mass is 16.4. The molecule has 0 aliphatic carbocycles. The molecule has 0 saturated heterocycles. The molecule has 0 unspecified atom stereocenters. The van der Waals surface area contributed by atoms with Crippen molar-refractivity contribution in [2.24, 2.45) is 0 Å². The third kappa shape index (κ3) is 2.82. The molecule has 5 heteroatoms. The van der Waals surface area contributed by atoms with Crippen LogP contribution in [0.25, 0.3) is 11.0 Å². The molecule has 1 amide bonds. The number of amides is 1. The molecule has 1 heterocycles. The summed E-state index contributed by atoms with van der Waals surface area (Å²) in [5, 5.41) is 13.1. The van der Waals surface area contributed by atoms with Gasteiger partial charge in [-0.1, -0.05) is 31.9 Å². The molecule has 2 aromatic rings. The highest BCUT2D eigenvalue weighted by Gasteiger charge is 2.20. The number of hydrogen-bond acceptors (Lipinski definition) is 4. The molecule has 0 radical (unpaired) electrons. The third-order valence-corrected chi connectivity index (χ3v) is 3.08. The topological polar surface area (TPSA) is 79.5 Å². The second-order valence-corrected chi connectivity index (χ2v) is 4.57. The highest BCUT2D eigenvalue weighted by Crippen LogP contribution is 2.25. The minimum Gasteiger partial charge on any atom is -0.506 e. The van der Waals surface area contributed by atoms with Crippen molar-refractivity contribution in [1.82, 2.24) is 5.32 Å². The standard InChI is InChI=1S/C15H17NO4/c1-2-3-6-9-16-14(18)12-13(17)10-7-4-5-8-11(10)20-15(12)19/h4-5,7-8,17H,2-3,6,9H2,1H3,(H,16,18). The Balaban J connectivity index is 2.29. The molecule has 2 N–H and O–H groups in total. The predicted molar refractivity (Wildman–Crippen MR) is 76.0 cm³/mol. The Morgan fingerprint density at radius 3 is 2.80 bits per heavy atom. The zero-order valence-corrected chi connectivity index (χ0v) is 11.3. The number of hydrogen-bond donors (Lipinski definition) is 2. The van der Waals surface area contributed by atoms with Gasteiger partial charge in [0.2, 0.25) is 0 Å². The number of unbranched alkanes of at least 4 members (excludes halogenated alkanes) is 2. The van der Waals surface area contributed by atoms with Crippen molar-refractivity contribution in [3.63, 3.8) is 0 Å². The molecule has 0 aliphatic heterocycles. The molecule has 0 aliphatic rings. The summed E-state index contributed by atoms with van der Waals surface area (Å²) >= 11 is 0. The molecule has 0 bridgehead atoms. The summed E-state index contributed by atoms with van der Waals surface area (Å²) in [6, 6.07) is 6.56. The number of para-hydroxylation sites is 1. The van der Waals surface area contributed by atoms with Crippen LogP contribution < -0.4 is 10.9 Å². The van der Waals surface area contributed by atoms with E-state index in [4.69, 9.17) is 4.42 Å². The third-order valence-electron chi connectivity index (χ3n) is 3.08. The van der Waals surface area contributed by atoms with Gasteiger partial charge in [-0.3, -0.25) is 4.79 Å². The fourth-order valence-electron chi connectivity index (χ4n) is 2.00. The van der Waals surface area contributed by atoms with E-state index in [1.165, 1.54) is 0 Å². The number of aromatic hydroxyl groups is 1. The van der Waals surface area contributed by atoms with E-state index in [0.717, 1.165) is 19.3 Å². The Bertz CT molecular complexity index is 675.